The van der Waals surface area contributed by atoms with Crippen molar-refractivity contribution in [3.05, 3.63) is 106 Å². The zero-order valence-corrected chi connectivity index (χ0v) is 17.5. The van der Waals surface area contributed by atoms with E-state index in [9.17, 15) is 0 Å². The quantitative estimate of drug-likeness (QED) is 0.293. The Morgan fingerprint density at radius 2 is 1.55 bits per heavy atom. The van der Waals surface area contributed by atoms with Crippen molar-refractivity contribution in [2.24, 2.45) is 0 Å². The molecule has 0 radical (unpaired) electrons. The normalized spacial score (nSPS) is 18.9. The number of hydrogen-bond acceptors (Lipinski definition) is 0. The van der Waals surface area contributed by atoms with Crippen molar-refractivity contribution in [3.63, 3.8) is 0 Å². The first kappa shape index (κ1) is 17.1. The van der Waals surface area contributed by atoms with Gasteiger partial charge in [0.1, 0.15) is 0 Å². The molecule has 0 fully saturated rings. The van der Waals surface area contributed by atoms with E-state index in [1.807, 2.05) is 0 Å². The van der Waals surface area contributed by atoms with Gasteiger partial charge in [-0.3, -0.25) is 0 Å². The second-order valence-electron chi connectivity index (χ2n) is 8.12. The van der Waals surface area contributed by atoms with Crippen molar-refractivity contribution in [2.75, 3.05) is 0 Å². The molecule has 2 atom stereocenters. The molecule has 2 N–H and O–H groups in total. The van der Waals surface area contributed by atoms with E-state index in [2.05, 4.69) is 105 Å². The molecule has 3 heteroatoms. The topological polar surface area (TPSA) is 31.6 Å². The molecule has 5 aromatic rings. The number of benzene rings is 3. The molecule has 1 aliphatic carbocycles. The smallest absolute Gasteiger partial charge is 0.0459 e. The lowest BCUT2D eigenvalue weighted by molar-refractivity contribution is 0.491. The Morgan fingerprint density at radius 3 is 2.41 bits per heavy atom. The van der Waals surface area contributed by atoms with Crippen molar-refractivity contribution < 1.29 is 0 Å². The summed E-state index contributed by atoms with van der Waals surface area (Å²) in [6, 6.07) is 28.5. The summed E-state index contributed by atoms with van der Waals surface area (Å²) < 4.78 is 1.14. The van der Waals surface area contributed by atoms with Gasteiger partial charge in [0.25, 0.3) is 0 Å². The summed E-state index contributed by atoms with van der Waals surface area (Å²) in [6.45, 7) is 0. The van der Waals surface area contributed by atoms with Crippen LogP contribution in [0.3, 0.4) is 0 Å². The minimum Gasteiger partial charge on any atom is -0.358 e. The summed E-state index contributed by atoms with van der Waals surface area (Å²) in [5.74, 6) is 0.878. The lowest BCUT2D eigenvalue weighted by atomic mass is 9.73. The largest absolute Gasteiger partial charge is 0.358 e. The van der Waals surface area contributed by atoms with Crippen LogP contribution in [-0.4, -0.2) is 9.97 Å². The first-order valence-corrected chi connectivity index (χ1v) is 11.0. The molecule has 6 rings (SSSR count). The van der Waals surface area contributed by atoms with Crippen molar-refractivity contribution in [1.82, 2.24) is 9.97 Å². The summed E-state index contributed by atoms with van der Waals surface area (Å²) in [7, 11) is 0. The lowest BCUT2D eigenvalue weighted by Crippen LogP contribution is -2.22. The van der Waals surface area contributed by atoms with E-state index in [0.29, 0.717) is 11.8 Å². The maximum atomic E-state index is 3.73. The molecule has 3 aromatic carbocycles. The number of hydrogen-bond donors (Lipinski definition) is 2. The molecule has 0 bridgehead atoms. The first-order valence-electron chi connectivity index (χ1n) is 10.2. The molecular formula is C26H21BrN2. The van der Waals surface area contributed by atoms with Crippen LogP contribution in [0.1, 0.15) is 34.4 Å². The van der Waals surface area contributed by atoms with Gasteiger partial charge in [0, 0.05) is 38.2 Å². The Kier molecular flexibility index (Phi) is 3.91. The number of aromatic nitrogens is 2. The summed E-state index contributed by atoms with van der Waals surface area (Å²) in [4.78, 5) is 7.44. The Morgan fingerprint density at radius 1 is 0.724 bits per heavy atom. The third-order valence-electron chi connectivity index (χ3n) is 6.47. The van der Waals surface area contributed by atoms with Gasteiger partial charge in [-0.25, -0.2) is 0 Å². The third kappa shape index (κ3) is 2.84. The fourth-order valence-corrected chi connectivity index (χ4v) is 5.44. The van der Waals surface area contributed by atoms with E-state index in [1.165, 1.54) is 44.3 Å². The molecule has 29 heavy (non-hydrogen) atoms. The highest BCUT2D eigenvalue weighted by atomic mass is 79.9. The SMILES string of the molecule is Brc1ccc2[nH]c3c(c2c1)C[C@H](c1cc2ccccc2[nH]1)[C@H](c1ccccc1)C3. The van der Waals surface area contributed by atoms with Crippen LogP contribution in [0.4, 0.5) is 0 Å². The summed E-state index contributed by atoms with van der Waals surface area (Å²) in [5.41, 5.74) is 8.08. The number of fused-ring (bicyclic) bond motifs is 4. The van der Waals surface area contributed by atoms with Crippen LogP contribution in [0.2, 0.25) is 0 Å². The molecule has 0 unspecified atom stereocenters. The van der Waals surface area contributed by atoms with Crippen LogP contribution in [0.25, 0.3) is 21.8 Å². The predicted molar refractivity (Wildman–Crippen MR) is 124 cm³/mol. The highest BCUT2D eigenvalue weighted by Gasteiger charge is 2.33. The highest BCUT2D eigenvalue weighted by molar-refractivity contribution is 9.10. The summed E-state index contributed by atoms with van der Waals surface area (Å²) in [5, 5.41) is 2.64. The zero-order chi connectivity index (χ0) is 19.4. The van der Waals surface area contributed by atoms with Gasteiger partial charge in [-0.15, -0.1) is 0 Å². The van der Waals surface area contributed by atoms with E-state index in [4.69, 9.17) is 0 Å². The second kappa shape index (κ2) is 6.64. The minimum atomic E-state index is 0.426. The molecule has 2 nitrogen and oxygen atoms in total. The number of rotatable bonds is 2. The number of halogens is 1. The Hall–Kier alpha value is -2.78. The molecule has 1 aliphatic rings. The Balaban J connectivity index is 1.53. The van der Waals surface area contributed by atoms with Gasteiger partial charge in [0.05, 0.1) is 0 Å². The van der Waals surface area contributed by atoms with Crippen molar-refractivity contribution in [2.45, 2.75) is 24.7 Å². The minimum absolute atomic E-state index is 0.426. The molecule has 0 saturated carbocycles. The molecule has 2 aromatic heterocycles. The van der Waals surface area contributed by atoms with Gasteiger partial charge in [0.15, 0.2) is 0 Å². The van der Waals surface area contributed by atoms with Crippen LogP contribution in [0.15, 0.2) is 83.3 Å². The first-order chi connectivity index (χ1) is 14.3. The number of aromatic amines is 2. The fraction of sp³-hybridized carbons (Fsp3) is 0.154. The van der Waals surface area contributed by atoms with Crippen molar-refractivity contribution in [1.29, 1.82) is 0 Å². The molecule has 0 spiro atoms. The highest BCUT2D eigenvalue weighted by Crippen LogP contribution is 2.45. The standard InChI is InChI=1S/C26H21BrN2/c27-18-10-11-24-20(13-18)22-14-21(25-12-17-8-4-5-9-23(17)28-25)19(15-26(22)29-24)16-6-2-1-3-7-16/h1-13,19,21,28-29H,14-15H2/t19-,21-/m0/s1. The van der Waals surface area contributed by atoms with Crippen molar-refractivity contribution >= 4 is 37.7 Å². The van der Waals surface area contributed by atoms with Crippen molar-refractivity contribution in [3.8, 4) is 0 Å². The van der Waals surface area contributed by atoms with Crippen LogP contribution >= 0.6 is 15.9 Å². The summed E-state index contributed by atoms with van der Waals surface area (Å²) in [6.07, 6.45) is 2.07. The van der Waals surface area contributed by atoms with Gasteiger partial charge in [-0.05, 0) is 65.6 Å². The number of H-pyrrole nitrogens is 2. The van der Waals surface area contributed by atoms with E-state index < -0.39 is 0 Å². The average molecular weight is 441 g/mol. The Labute approximate surface area is 178 Å². The van der Waals surface area contributed by atoms with E-state index >= 15 is 0 Å². The fourth-order valence-electron chi connectivity index (χ4n) is 5.08. The maximum absolute atomic E-state index is 3.73. The molecule has 0 aliphatic heterocycles. The molecular weight excluding hydrogens is 420 g/mol. The summed E-state index contributed by atoms with van der Waals surface area (Å²) >= 11 is 3.66. The van der Waals surface area contributed by atoms with E-state index in [1.54, 1.807) is 0 Å². The molecule has 0 amide bonds. The average Bonchev–Trinajstić information content (AvgIpc) is 3.34. The van der Waals surface area contributed by atoms with Gasteiger partial charge >= 0.3 is 0 Å². The zero-order valence-electron chi connectivity index (χ0n) is 16.0. The van der Waals surface area contributed by atoms with Gasteiger partial charge in [0.2, 0.25) is 0 Å². The number of para-hydroxylation sites is 1. The van der Waals surface area contributed by atoms with Crippen LogP contribution in [-0.2, 0) is 12.8 Å². The second-order valence-corrected chi connectivity index (χ2v) is 9.03. The van der Waals surface area contributed by atoms with Gasteiger partial charge in [-0.2, -0.15) is 0 Å². The molecule has 0 saturated heterocycles. The lowest BCUT2D eigenvalue weighted by Gasteiger charge is -2.32. The molecule has 2 heterocycles. The molecule has 142 valence electrons. The maximum Gasteiger partial charge on any atom is 0.0459 e. The van der Waals surface area contributed by atoms with Gasteiger partial charge < -0.3 is 9.97 Å². The van der Waals surface area contributed by atoms with Gasteiger partial charge in [-0.1, -0.05) is 64.5 Å². The van der Waals surface area contributed by atoms with E-state index in [-0.39, 0.29) is 0 Å². The van der Waals surface area contributed by atoms with E-state index in [0.717, 1.165) is 17.3 Å². The third-order valence-corrected chi connectivity index (χ3v) is 6.96. The predicted octanol–water partition coefficient (Wildman–Crippen LogP) is 7.08. The van der Waals surface area contributed by atoms with Crippen LogP contribution < -0.4 is 0 Å². The number of nitrogens with one attached hydrogen (secondary N) is 2. The van der Waals surface area contributed by atoms with Crippen LogP contribution in [0, 0.1) is 0 Å². The Bertz CT molecular complexity index is 1300. The van der Waals surface area contributed by atoms with Crippen LogP contribution in [0.5, 0.6) is 0 Å². The monoisotopic (exact) mass is 440 g/mol.